The van der Waals surface area contributed by atoms with Crippen LogP contribution in [-0.4, -0.2) is 104 Å². The summed E-state index contributed by atoms with van der Waals surface area (Å²) in [6.45, 7) is -1.47. The zero-order valence-electron chi connectivity index (χ0n) is 24.3. The van der Waals surface area contributed by atoms with Crippen molar-refractivity contribution in [2.45, 2.75) is 74.8 Å². The number of phosphoric acid groups is 2. The average molecular weight is 697 g/mol. The summed E-state index contributed by atoms with van der Waals surface area (Å²) < 4.78 is 62.7. The van der Waals surface area contributed by atoms with Crippen LogP contribution >= 0.6 is 15.6 Å². The van der Waals surface area contributed by atoms with Crippen molar-refractivity contribution < 1.29 is 56.7 Å². The number of hydrogen-bond acceptors (Lipinski definition) is 16. The van der Waals surface area contributed by atoms with Gasteiger partial charge in [0, 0.05) is 11.6 Å². The van der Waals surface area contributed by atoms with Crippen molar-refractivity contribution in [3.8, 4) is 0 Å². The van der Waals surface area contributed by atoms with Crippen LogP contribution in [0.2, 0.25) is 0 Å². The first kappa shape index (κ1) is 31.3. The average Bonchev–Trinajstić information content (AvgIpc) is 3.74. The Morgan fingerprint density at radius 1 is 0.787 bits per heavy atom. The van der Waals surface area contributed by atoms with Gasteiger partial charge in [-0.05, 0) is 31.2 Å². The van der Waals surface area contributed by atoms with Crippen molar-refractivity contribution in [3.05, 3.63) is 36.4 Å². The summed E-state index contributed by atoms with van der Waals surface area (Å²) in [6, 6.07) is 0. The van der Waals surface area contributed by atoms with Gasteiger partial charge < -0.3 is 39.8 Å². The Morgan fingerprint density at radius 2 is 1.47 bits per heavy atom. The maximum Gasteiger partial charge on any atom is 0.472 e. The first-order chi connectivity index (χ1) is 22.5. The molecule has 4 aromatic rings. The Balaban J connectivity index is 1.11. The Bertz CT molecular complexity index is 1940. The lowest BCUT2D eigenvalue weighted by Crippen LogP contribution is -2.36. The molecule has 0 aromatic carbocycles. The van der Waals surface area contributed by atoms with Crippen molar-refractivity contribution in [2.24, 2.45) is 0 Å². The standard InChI is InChI=1S/C25H30N8O12P2/c26-21-16-23(30-9-28-21)33(10-31-16)25-20-17(34)13(42-25)6-40-46(36,37)44-19-14(7-41-47(38,39)45-20)43-24(18(19)35)32-5-11-3-1-2-4-12-15(11)22(32)29-8-27-12/h5,8-10,13-14,17-20,24-25,34-35H,1-4,6-7H2,(H,36,37)(H,38,39)(H2,26,28,30)/t13-,14-,17-,18-,19-,20-,24-,25-/m1/s1. The first-order valence-corrected chi connectivity index (χ1v) is 17.7. The molecule has 0 saturated carbocycles. The second-order valence-corrected chi connectivity index (χ2v) is 14.5. The molecule has 0 radical (unpaired) electrons. The molecular formula is C25H30N8O12P2. The third kappa shape index (κ3) is 5.47. The summed E-state index contributed by atoms with van der Waals surface area (Å²) in [6.07, 6.45) is -2.74. The lowest BCUT2D eigenvalue weighted by atomic mass is 10.1. The predicted octanol–water partition coefficient (Wildman–Crippen LogP) is 0.267. The molecule has 0 spiro atoms. The van der Waals surface area contributed by atoms with Gasteiger partial charge in [0.25, 0.3) is 0 Å². The van der Waals surface area contributed by atoms with Gasteiger partial charge in [-0.15, -0.1) is 0 Å². The van der Waals surface area contributed by atoms with Gasteiger partial charge in [-0.3, -0.25) is 22.7 Å². The monoisotopic (exact) mass is 696 g/mol. The van der Waals surface area contributed by atoms with Crippen LogP contribution in [0, 0.1) is 0 Å². The van der Waals surface area contributed by atoms with Gasteiger partial charge in [-0.2, -0.15) is 0 Å². The molecular weight excluding hydrogens is 666 g/mol. The smallest absolute Gasteiger partial charge is 0.387 e. The number of imidazole rings is 1. The number of aliphatic hydroxyl groups is 2. The van der Waals surface area contributed by atoms with Crippen molar-refractivity contribution >= 4 is 43.7 Å². The Hall–Kier alpha value is -2.97. The van der Waals surface area contributed by atoms with Crippen LogP contribution in [0.4, 0.5) is 5.82 Å². The summed E-state index contributed by atoms with van der Waals surface area (Å²) in [5.41, 5.74) is 8.53. The minimum atomic E-state index is -5.03. The number of nitrogens with zero attached hydrogens (tertiary/aromatic N) is 7. The molecule has 4 aromatic heterocycles. The molecule has 2 bridgehead atoms. The highest BCUT2D eigenvalue weighted by Crippen LogP contribution is 2.54. The number of aryl methyl sites for hydroxylation is 2. The van der Waals surface area contributed by atoms with Crippen molar-refractivity contribution in [1.82, 2.24) is 34.1 Å². The quantitative estimate of drug-likeness (QED) is 0.176. The fraction of sp³-hybridized carbons (Fsp3) is 0.560. The molecule has 8 rings (SSSR count). The van der Waals surface area contributed by atoms with E-state index < -0.39 is 77.9 Å². The molecule has 20 nitrogen and oxygen atoms in total. The Kier molecular flexibility index (Phi) is 7.71. The van der Waals surface area contributed by atoms with E-state index in [-0.39, 0.29) is 17.0 Å². The summed E-state index contributed by atoms with van der Waals surface area (Å²) in [7, 11) is -10.0. The second-order valence-electron chi connectivity index (χ2n) is 11.7. The summed E-state index contributed by atoms with van der Waals surface area (Å²) in [4.78, 5) is 42.5. The van der Waals surface area contributed by atoms with Gasteiger partial charge in [0.15, 0.2) is 23.9 Å². The molecule has 252 valence electrons. The topological polar surface area (TPSA) is 271 Å². The highest BCUT2D eigenvalue weighted by Gasteiger charge is 2.54. The molecule has 10 atom stereocenters. The Labute approximate surface area is 264 Å². The van der Waals surface area contributed by atoms with Crippen LogP contribution in [0.3, 0.4) is 0 Å². The van der Waals surface area contributed by atoms with Gasteiger partial charge >= 0.3 is 15.6 Å². The van der Waals surface area contributed by atoms with Crippen molar-refractivity contribution in [3.63, 3.8) is 0 Å². The maximum absolute atomic E-state index is 13.3. The number of nitrogens with two attached hydrogens (primary N) is 1. The fourth-order valence-corrected chi connectivity index (χ4v) is 8.47. The number of aromatic nitrogens is 7. The van der Waals surface area contributed by atoms with E-state index in [1.54, 1.807) is 10.8 Å². The number of fused-ring (bicyclic) bond motifs is 4. The lowest BCUT2D eigenvalue weighted by molar-refractivity contribution is -0.0671. The molecule has 1 aliphatic carbocycles. The number of hydrogen-bond donors (Lipinski definition) is 5. The SMILES string of the molecule is Nc1ncnc2c1ncn2[C@@H]1O[C@@H]2COP(=O)(O)O[C@H]3[C@@H](O)[C@H](n4cc5c6c(ncnc64)CCCC5)O[C@@H]3COP(=O)(O)O[C@@H]1[C@@H]2O. The van der Waals surface area contributed by atoms with Crippen LogP contribution in [-0.2, 0) is 49.5 Å². The van der Waals surface area contributed by atoms with Gasteiger partial charge in [0.05, 0.1) is 25.2 Å². The molecule has 4 aliphatic rings. The molecule has 7 heterocycles. The zero-order chi connectivity index (χ0) is 32.7. The van der Waals surface area contributed by atoms with E-state index in [2.05, 4.69) is 24.9 Å². The number of phosphoric ester groups is 2. The number of anilines is 1. The summed E-state index contributed by atoms with van der Waals surface area (Å²) in [5.74, 6) is 0.0492. The third-order valence-corrected chi connectivity index (χ3v) is 10.7. The van der Waals surface area contributed by atoms with Crippen LogP contribution in [0.5, 0.6) is 0 Å². The van der Waals surface area contributed by atoms with Crippen molar-refractivity contribution in [1.29, 1.82) is 0 Å². The number of ether oxygens (including phenoxy) is 2. The Morgan fingerprint density at radius 3 is 2.28 bits per heavy atom. The fourth-order valence-electron chi connectivity index (χ4n) is 6.58. The van der Waals surface area contributed by atoms with Crippen LogP contribution in [0.15, 0.2) is 25.2 Å². The molecule has 3 saturated heterocycles. The number of rotatable bonds is 2. The molecule has 2 unspecified atom stereocenters. The van der Waals surface area contributed by atoms with Gasteiger partial charge in [0.1, 0.15) is 60.4 Å². The van der Waals surface area contributed by atoms with Crippen LogP contribution in [0.1, 0.15) is 36.6 Å². The maximum atomic E-state index is 13.3. The molecule has 22 heteroatoms. The molecule has 6 N–H and O–H groups in total. The first-order valence-electron chi connectivity index (χ1n) is 14.7. The zero-order valence-corrected chi connectivity index (χ0v) is 26.1. The highest BCUT2D eigenvalue weighted by molar-refractivity contribution is 7.47. The highest BCUT2D eigenvalue weighted by atomic mass is 31.2. The van der Waals surface area contributed by atoms with E-state index in [9.17, 15) is 29.1 Å². The molecule has 3 aliphatic heterocycles. The van der Waals surface area contributed by atoms with Gasteiger partial charge in [0.2, 0.25) is 0 Å². The van der Waals surface area contributed by atoms with Gasteiger partial charge in [-0.1, -0.05) is 0 Å². The van der Waals surface area contributed by atoms with Gasteiger partial charge in [-0.25, -0.2) is 34.0 Å². The van der Waals surface area contributed by atoms with Crippen LogP contribution in [0.25, 0.3) is 22.2 Å². The largest absolute Gasteiger partial charge is 0.472 e. The molecule has 47 heavy (non-hydrogen) atoms. The molecule has 0 amide bonds. The van der Waals surface area contributed by atoms with Crippen LogP contribution < -0.4 is 5.73 Å². The summed E-state index contributed by atoms with van der Waals surface area (Å²) in [5, 5.41) is 23.3. The molecule has 3 fully saturated rings. The van der Waals surface area contributed by atoms with E-state index in [0.717, 1.165) is 42.3 Å². The number of aliphatic hydroxyl groups excluding tert-OH is 2. The van der Waals surface area contributed by atoms with E-state index >= 15 is 0 Å². The minimum absolute atomic E-state index is 0.0492. The normalized spacial score (nSPS) is 38.0. The van der Waals surface area contributed by atoms with E-state index in [1.807, 2.05) is 0 Å². The third-order valence-electron chi connectivity index (χ3n) is 8.75. The predicted molar refractivity (Wildman–Crippen MR) is 155 cm³/mol. The number of nitrogen functional groups attached to an aromatic ring is 1. The van der Waals surface area contributed by atoms with Crippen molar-refractivity contribution in [2.75, 3.05) is 18.9 Å². The van der Waals surface area contributed by atoms with E-state index in [1.165, 1.54) is 23.5 Å². The lowest BCUT2D eigenvalue weighted by Gasteiger charge is -2.25. The van der Waals surface area contributed by atoms with E-state index in [0.29, 0.717) is 5.65 Å². The minimum Gasteiger partial charge on any atom is -0.387 e. The summed E-state index contributed by atoms with van der Waals surface area (Å²) >= 11 is 0. The van der Waals surface area contributed by atoms with E-state index in [4.69, 9.17) is 33.3 Å². The second kappa shape index (κ2) is 11.6.